The second-order valence-corrected chi connectivity index (χ2v) is 7.89. The van der Waals surface area contributed by atoms with Crippen molar-refractivity contribution in [2.45, 2.75) is 20.4 Å². The van der Waals surface area contributed by atoms with Crippen LogP contribution in [0.5, 0.6) is 0 Å². The number of anilines is 1. The summed E-state index contributed by atoms with van der Waals surface area (Å²) in [6.45, 7) is 8.62. The van der Waals surface area contributed by atoms with Crippen LogP contribution in [-0.2, 0) is 6.54 Å². The third-order valence-corrected chi connectivity index (χ3v) is 5.93. The van der Waals surface area contributed by atoms with Gasteiger partial charge in [0.15, 0.2) is 5.11 Å². The van der Waals surface area contributed by atoms with Crippen LogP contribution in [0.2, 0.25) is 10.0 Å². The van der Waals surface area contributed by atoms with Gasteiger partial charge in [-0.05, 0) is 61.5 Å². The van der Waals surface area contributed by atoms with Gasteiger partial charge in [-0.2, -0.15) is 0 Å². The van der Waals surface area contributed by atoms with Crippen LogP contribution in [0.1, 0.15) is 16.7 Å². The van der Waals surface area contributed by atoms with Crippen LogP contribution in [0.4, 0.5) is 5.69 Å². The minimum atomic E-state index is 0.729. The van der Waals surface area contributed by atoms with Crippen molar-refractivity contribution >= 4 is 46.2 Å². The molecule has 1 saturated heterocycles. The minimum absolute atomic E-state index is 0.729. The topological polar surface area (TPSA) is 18.5 Å². The summed E-state index contributed by atoms with van der Waals surface area (Å²) in [5.74, 6) is 0. The van der Waals surface area contributed by atoms with Gasteiger partial charge in [-0.3, -0.25) is 4.90 Å². The van der Waals surface area contributed by atoms with Crippen LogP contribution in [0.25, 0.3) is 0 Å². The van der Waals surface area contributed by atoms with E-state index in [4.69, 9.17) is 35.4 Å². The fourth-order valence-electron chi connectivity index (χ4n) is 3.04. The second kappa shape index (κ2) is 8.57. The molecule has 0 aliphatic carbocycles. The molecule has 138 valence electrons. The van der Waals surface area contributed by atoms with Crippen molar-refractivity contribution in [2.75, 3.05) is 31.5 Å². The third-order valence-electron chi connectivity index (χ3n) is 4.86. The molecule has 2 aromatic rings. The maximum absolute atomic E-state index is 6.29. The number of thiocarbonyl (C=S) groups is 1. The molecule has 0 saturated carbocycles. The minimum Gasteiger partial charge on any atom is -0.346 e. The lowest BCUT2D eigenvalue weighted by Crippen LogP contribution is -2.49. The number of benzene rings is 2. The zero-order valence-electron chi connectivity index (χ0n) is 15.1. The Balaban J connectivity index is 1.54. The monoisotopic (exact) mass is 407 g/mol. The smallest absolute Gasteiger partial charge is 0.173 e. The maximum Gasteiger partial charge on any atom is 0.173 e. The number of hydrogen-bond acceptors (Lipinski definition) is 2. The molecular formula is C20H23Cl2N3S. The quantitative estimate of drug-likeness (QED) is 0.710. The Morgan fingerprint density at radius 3 is 2.27 bits per heavy atom. The van der Waals surface area contributed by atoms with Crippen molar-refractivity contribution in [3.8, 4) is 0 Å². The Morgan fingerprint density at radius 1 is 1.00 bits per heavy atom. The molecule has 0 spiro atoms. The average molecular weight is 408 g/mol. The summed E-state index contributed by atoms with van der Waals surface area (Å²) in [6.07, 6.45) is 0. The molecule has 0 radical (unpaired) electrons. The van der Waals surface area contributed by atoms with Gasteiger partial charge >= 0.3 is 0 Å². The van der Waals surface area contributed by atoms with E-state index in [1.807, 2.05) is 18.2 Å². The summed E-state index contributed by atoms with van der Waals surface area (Å²) in [5.41, 5.74) is 4.59. The molecule has 1 heterocycles. The SMILES string of the molecule is Cc1ccc(NC(=S)N2CCN(Cc3c(Cl)cccc3Cl)CC2)cc1C. The van der Waals surface area contributed by atoms with E-state index in [-0.39, 0.29) is 0 Å². The normalized spacial score (nSPS) is 15.2. The van der Waals surface area contributed by atoms with Gasteiger partial charge in [0.1, 0.15) is 0 Å². The molecule has 1 aliphatic heterocycles. The third kappa shape index (κ3) is 4.68. The Bertz CT molecular complexity index is 781. The average Bonchev–Trinajstić information content (AvgIpc) is 2.62. The first-order chi connectivity index (χ1) is 12.4. The molecule has 6 heteroatoms. The van der Waals surface area contributed by atoms with E-state index in [1.54, 1.807) is 0 Å². The number of nitrogens with one attached hydrogen (secondary N) is 1. The van der Waals surface area contributed by atoms with Gasteiger partial charge in [0, 0.05) is 54.0 Å². The number of halogens is 2. The summed E-state index contributed by atoms with van der Waals surface area (Å²) in [7, 11) is 0. The molecule has 0 amide bonds. The van der Waals surface area contributed by atoms with E-state index in [1.165, 1.54) is 11.1 Å². The highest BCUT2D eigenvalue weighted by atomic mass is 35.5. The Labute approximate surface area is 170 Å². The predicted octanol–water partition coefficient (Wildman–Crippen LogP) is 5.12. The van der Waals surface area contributed by atoms with Crippen LogP contribution in [0, 0.1) is 13.8 Å². The van der Waals surface area contributed by atoms with Gasteiger partial charge in [-0.15, -0.1) is 0 Å². The van der Waals surface area contributed by atoms with Crippen LogP contribution < -0.4 is 5.32 Å². The van der Waals surface area contributed by atoms with E-state index < -0.39 is 0 Å². The van der Waals surface area contributed by atoms with E-state index in [0.717, 1.165) is 59.1 Å². The lowest BCUT2D eigenvalue weighted by Gasteiger charge is -2.36. The van der Waals surface area contributed by atoms with Crippen LogP contribution in [-0.4, -0.2) is 41.1 Å². The fraction of sp³-hybridized carbons (Fsp3) is 0.350. The van der Waals surface area contributed by atoms with E-state index in [0.29, 0.717) is 0 Å². The number of hydrogen-bond donors (Lipinski definition) is 1. The van der Waals surface area contributed by atoms with Crippen molar-refractivity contribution in [1.29, 1.82) is 0 Å². The molecule has 0 unspecified atom stereocenters. The first kappa shape index (κ1) is 19.4. The maximum atomic E-state index is 6.29. The zero-order valence-corrected chi connectivity index (χ0v) is 17.4. The molecule has 0 bridgehead atoms. The molecule has 1 aliphatic rings. The molecule has 1 fully saturated rings. The van der Waals surface area contributed by atoms with Crippen molar-refractivity contribution in [3.05, 3.63) is 63.1 Å². The zero-order chi connectivity index (χ0) is 18.7. The molecule has 2 aromatic carbocycles. The van der Waals surface area contributed by atoms with Gasteiger partial charge in [0.05, 0.1) is 0 Å². The van der Waals surface area contributed by atoms with E-state index in [2.05, 4.69) is 47.2 Å². The number of aryl methyl sites for hydroxylation is 2. The highest BCUT2D eigenvalue weighted by Crippen LogP contribution is 2.26. The summed E-state index contributed by atoms with van der Waals surface area (Å²) in [6, 6.07) is 12.0. The van der Waals surface area contributed by atoms with Crippen molar-refractivity contribution in [3.63, 3.8) is 0 Å². The van der Waals surface area contributed by atoms with Crippen LogP contribution in [0.15, 0.2) is 36.4 Å². The highest BCUT2D eigenvalue weighted by Gasteiger charge is 2.20. The molecule has 26 heavy (non-hydrogen) atoms. The summed E-state index contributed by atoms with van der Waals surface area (Å²) in [4.78, 5) is 4.58. The molecule has 3 nitrogen and oxygen atoms in total. The van der Waals surface area contributed by atoms with Crippen molar-refractivity contribution in [1.82, 2.24) is 9.80 Å². The number of rotatable bonds is 3. The van der Waals surface area contributed by atoms with Crippen LogP contribution in [0.3, 0.4) is 0 Å². The molecule has 0 atom stereocenters. The van der Waals surface area contributed by atoms with E-state index >= 15 is 0 Å². The largest absolute Gasteiger partial charge is 0.346 e. The number of piperazine rings is 1. The van der Waals surface area contributed by atoms with Gasteiger partial charge in [-0.25, -0.2) is 0 Å². The summed E-state index contributed by atoms with van der Waals surface area (Å²) < 4.78 is 0. The fourth-order valence-corrected chi connectivity index (χ4v) is 3.86. The standard InChI is InChI=1S/C20H23Cl2N3S/c1-14-6-7-16(12-15(14)2)23-20(26)25-10-8-24(9-11-25)13-17-18(21)4-3-5-19(17)22/h3-7,12H,8-11,13H2,1-2H3,(H,23,26). The van der Waals surface area contributed by atoms with Gasteiger partial charge in [0.2, 0.25) is 0 Å². The van der Waals surface area contributed by atoms with Gasteiger partial charge in [0.25, 0.3) is 0 Å². The van der Waals surface area contributed by atoms with E-state index in [9.17, 15) is 0 Å². The molecule has 0 aromatic heterocycles. The predicted molar refractivity (Wildman–Crippen MR) is 115 cm³/mol. The summed E-state index contributed by atoms with van der Waals surface area (Å²) >= 11 is 18.2. The Hall–Kier alpha value is -1.33. The molecule has 1 N–H and O–H groups in total. The van der Waals surface area contributed by atoms with Crippen LogP contribution >= 0.6 is 35.4 Å². The first-order valence-corrected chi connectivity index (χ1v) is 9.89. The van der Waals surface area contributed by atoms with Gasteiger partial charge < -0.3 is 10.2 Å². The molecular weight excluding hydrogens is 385 g/mol. The second-order valence-electron chi connectivity index (χ2n) is 6.69. The Morgan fingerprint density at radius 2 is 1.65 bits per heavy atom. The number of nitrogens with zero attached hydrogens (tertiary/aromatic N) is 2. The van der Waals surface area contributed by atoms with Crippen molar-refractivity contribution in [2.24, 2.45) is 0 Å². The first-order valence-electron chi connectivity index (χ1n) is 8.72. The lowest BCUT2D eigenvalue weighted by atomic mass is 10.1. The highest BCUT2D eigenvalue weighted by molar-refractivity contribution is 7.80. The lowest BCUT2D eigenvalue weighted by molar-refractivity contribution is 0.177. The molecule has 3 rings (SSSR count). The summed E-state index contributed by atoms with van der Waals surface area (Å²) in [5, 5.41) is 5.60. The van der Waals surface area contributed by atoms with Crippen molar-refractivity contribution < 1.29 is 0 Å². The Kier molecular flexibility index (Phi) is 6.41. The van der Waals surface area contributed by atoms with Gasteiger partial charge in [-0.1, -0.05) is 35.3 Å².